The standard InChI is InChI=1S/C40H54N4O9S.C30H40N2O7.C10H16N2O3S.CH4/c1-38(2,3)33-35(46)44-23-39(52-5,22-31(44)34(45)42-40(21-30(40)24-11-12-24)36(47)43-54(49,50)29-15-16-29)28-14-13-25-20-32(51-4)26(18-27(25)19-28)10-8-6-7-9-17-53-37(48)41-33;1-29(2,3)25-26(33)32-18-30(38-5,17-23(32)27(34)35)22-12-11-19-16-24(37-4)20(14-21(19)15-22)10-8-6-7-9-13-39-28(36)31-25;11-10(5-8(10)6-1-2-6)9(13)12-16(14,15)7-3-4-7;/h13-14,18-20,24,29-31,33H,6-12,15-17,21-23H2,1-5H3,(H,41,48)(H,42,45)(H,43,47);11-12,14-16,23,25H,6-10,13,17-18H2,1-5H3,(H,31,36)(H,34,35);6-8H,1-5,11H2,(H,12,13);1H4/t30-,31-,33+,39-,40+;23-,25+,30-;8-,10+;/m000./s1. The van der Waals surface area contributed by atoms with Crippen LogP contribution in [-0.2, 0) is 91.8 Å². The Kier molecular flexibility index (Phi) is 24.4. The van der Waals surface area contributed by atoms with Crippen LogP contribution in [0.3, 0.4) is 0 Å². The molecule has 2 saturated heterocycles. The second-order valence-electron chi connectivity index (χ2n) is 34.2. The van der Waals surface area contributed by atoms with E-state index in [1.165, 1.54) is 9.80 Å². The molecule has 4 heterocycles. The number of rotatable bonds is 15. The molecule has 110 heavy (non-hydrogen) atoms. The smallest absolute Gasteiger partial charge is 0.407 e. The van der Waals surface area contributed by atoms with Gasteiger partial charge < -0.3 is 65.0 Å². The van der Waals surface area contributed by atoms with Gasteiger partial charge in [-0.05, 0) is 217 Å². The van der Waals surface area contributed by atoms with Crippen molar-refractivity contribution in [3.8, 4) is 11.5 Å². The van der Waals surface area contributed by atoms with Gasteiger partial charge in [0.05, 0.1) is 56.6 Å². The van der Waals surface area contributed by atoms with E-state index in [0.717, 1.165) is 132 Å². The van der Waals surface area contributed by atoms with E-state index in [0.29, 0.717) is 57.3 Å². The van der Waals surface area contributed by atoms with Gasteiger partial charge in [-0.25, -0.2) is 31.2 Å². The van der Waals surface area contributed by atoms with Crippen molar-refractivity contribution in [2.75, 3.05) is 54.7 Å². The van der Waals surface area contributed by atoms with Crippen LogP contribution in [0.1, 0.15) is 200 Å². The number of hydrogen-bond acceptors (Lipinski definition) is 19. The van der Waals surface area contributed by atoms with Gasteiger partial charge in [0, 0.05) is 27.1 Å². The summed E-state index contributed by atoms with van der Waals surface area (Å²) in [6, 6.07) is 15.9. The number of methoxy groups -OCH3 is 4. The summed E-state index contributed by atoms with van der Waals surface area (Å²) < 4.78 is 88.1. The average molecular weight is 1570 g/mol. The monoisotopic (exact) mass is 1570 g/mol. The lowest BCUT2D eigenvalue weighted by atomic mass is 9.85. The van der Waals surface area contributed by atoms with Crippen molar-refractivity contribution in [3.05, 3.63) is 82.9 Å². The maximum absolute atomic E-state index is 14.8. The Labute approximate surface area is 646 Å². The molecule has 604 valence electrons. The summed E-state index contributed by atoms with van der Waals surface area (Å²) in [5.41, 5.74) is 3.73. The first-order valence-electron chi connectivity index (χ1n) is 38.8. The van der Waals surface area contributed by atoms with Crippen LogP contribution in [0.25, 0.3) is 21.5 Å². The Morgan fingerprint density at radius 1 is 0.536 bits per heavy atom. The van der Waals surface area contributed by atoms with E-state index in [1.807, 2.05) is 90.1 Å². The predicted octanol–water partition coefficient (Wildman–Crippen LogP) is 9.43. The number of alkyl carbamates (subject to hydrolysis) is 2. The molecule has 6 saturated carbocycles. The zero-order valence-electron chi connectivity index (χ0n) is 64.5. The number of carboxylic acids is 1. The van der Waals surface area contributed by atoms with Gasteiger partial charge in [0.2, 0.25) is 37.8 Å². The third-order valence-electron chi connectivity index (χ3n) is 24.0. The molecule has 0 radical (unpaired) electrons. The summed E-state index contributed by atoms with van der Waals surface area (Å²) in [5.74, 6) is -1.46. The van der Waals surface area contributed by atoms with Crippen molar-refractivity contribution in [2.45, 2.75) is 247 Å². The van der Waals surface area contributed by atoms with Gasteiger partial charge in [-0.15, -0.1) is 0 Å². The summed E-state index contributed by atoms with van der Waals surface area (Å²) in [4.78, 5) is 110. The molecule has 8 N–H and O–H groups in total. The Morgan fingerprint density at radius 3 is 1.36 bits per heavy atom. The van der Waals surface area contributed by atoms with E-state index in [9.17, 15) is 60.3 Å². The number of cyclic esters (lactones) is 2. The number of nitrogens with one attached hydrogen (secondary N) is 5. The summed E-state index contributed by atoms with van der Waals surface area (Å²) in [6.45, 7) is 11.4. The number of hydrogen-bond donors (Lipinski definition) is 7. The van der Waals surface area contributed by atoms with Crippen LogP contribution < -0.4 is 40.6 Å². The van der Waals surface area contributed by atoms with Crippen molar-refractivity contribution < 1.29 is 88.7 Å². The highest BCUT2D eigenvalue weighted by molar-refractivity contribution is 7.91. The van der Waals surface area contributed by atoms with Crippen LogP contribution in [0.5, 0.6) is 11.5 Å². The molecule has 10 bridgehead atoms. The van der Waals surface area contributed by atoms with Crippen molar-refractivity contribution in [3.63, 3.8) is 0 Å². The van der Waals surface area contributed by atoms with Crippen molar-refractivity contribution in [1.29, 1.82) is 0 Å². The number of nitrogens with two attached hydrogens (primary N) is 1. The molecular formula is C81H114N8O19S2. The lowest BCUT2D eigenvalue weighted by molar-refractivity contribution is -0.150. The maximum Gasteiger partial charge on any atom is 0.407 e. The van der Waals surface area contributed by atoms with E-state index < -0.39 is 130 Å². The molecule has 29 heteroatoms. The van der Waals surface area contributed by atoms with Crippen molar-refractivity contribution in [1.82, 2.24) is 35.2 Å². The molecular weight excluding hydrogens is 1450 g/mol. The summed E-state index contributed by atoms with van der Waals surface area (Å²) >= 11 is 0. The number of nitrogens with zero attached hydrogens (tertiary/aromatic N) is 2. The lowest BCUT2D eigenvalue weighted by Crippen LogP contribution is -2.60. The van der Waals surface area contributed by atoms with Gasteiger partial charge >= 0.3 is 18.2 Å². The zero-order chi connectivity index (χ0) is 78.6. The van der Waals surface area contributed by atoms with Crippen LogP contribution >= 0.6 is 0 Å². The molecule has 8 fully saturated rings. The predicted molar refractivity (Wildman–Crippen MR) is 412 cm³/mol. The van der Waals surface area contributed by atoms with Gasteiger partial charge in [0.15, 0.2) is 0 Å². The number of fused-ring (bicyclic) bond motifs is 10. The minimum Gasteiger partial charge on any atom is -0.496 e. The van der Waals surface area contributed by atoms with E-state index in [-0.39, 0.29) is 69.6 Å². The molecule has 10 aliphatic rings. The van der Waals surface area contributed by atoms with E-state index in [2.05, 4.69) is 37.5 Å². The Morgan fingerprint density at radius 2 is 0.955 bits per heavy atom. The number of ether oxygens (including phenoxy) is 6. The topological polar surface area (TPSA) is 373 Å². The van der Waals surface area contributed by atoms with Crippen molar-refractivity contribution >= 4 is 89.3 Å². The molecule has 4 aliphatic heterocycles. The van der Waals surface area contributed by atoms with Gasteiger partial charge in [0.1, 0.15) is 52.4 Å². The first-order valence-corrected chi connectivity index (χ1v) is 41.9. The number of amides is 7. The fourth-order valence-corrected chi connectivity index (χ4v) is 19.3. The van der Waals surface area contributed by atoms with Crippen LogP contribution in [0.4, 0.5) is 9.59 Å². The second-order valence-corrected chi connectivity index (χ2v) is 38.1. The van der Waals surface area contributed by atoms with Gasteiger partial charge in [-0.2, -0.15) is 0 Å². The molecule has 14 rings (SSSR count). The molecule has 4 aromatic carbocycles. The number of aliphatic carboxylic acids is 1. The molecule has 4 aromatic rings. The fraction of sp³-hybridized carbons (Fsp3) is 0.654. The zero-order valence-corrected chi connectivity index (χ0v) is 66.1. The van der Waals surface area contributed by atoms with Crippen LogP contribution in [0.2, 0.25) is 0 Å². The molecule has 7 amide bonds. The highest BCUT2D eigenvalue weighted by Crippen LogP contribution is 2.58. The summed E-state index contributed by atoms with van der Waals surface area (Å²) in [6.07, 6.45) is 14.7. The highest BCUT2D eigenvalue weighted by atomic mass is 32.2. The van der Waals surface area contributed by atoms with Crippen LogP contribution in [0, 0.1) is 34.5 Å². The van der Waals surface area contributed by atoms with Crippen LogP contribution in [0.15, 0.2) is 60.7 Å². The third kappa shape index (κ3) is 18.1. The van der Waals surface area contributed by atoms with Crippen molar-refractivity contribution in [2.24, 2.45) is 40.2 Å². The number of carbonyl (C=O) groups excluding carboxylic acids is 7. The number of carboxylic acid groups (broad SMARTS) is 1. The molecule has 0 aromatic heterocycles. The highest BCUT2D eigenvalue weighted by Gasteiger charge is 2.68. The van der Waals surface area contributed by atoms with E-state index >= 15 is 0 Å². The minimum atomic E-state index is -3.86. The number of benzene rings is 4. The first-order chi connectivity index (χ1) is 51.5. The second kappa shape index (κ2) is 32.3. The quantitative estimate of drug-likeness (QED) is 0.0582. The number of carbonyl (C=O) groups is 8. The van der Waals surface area contributed by atoms with E-state index in [1.54, 1.807) is 28.4 Å². The maximum atomic E-state index is 14.8. The number of sulfonamides is 2. The first kappa shape index (κ1) is 83.1. The molecule has 0 spiro atoms. The fourth-order valence-electron chi connectivity index (χ4n) is 16.6. The molecule has 0 unspecified atom stereocenters. The van der Waals surface area contributed by atoms with Gasteiger partial charge in [0.25, 0.3) is 11.8 Å². The Hall–Kier alpha value is -7.86. The average Bonchev–Trinajstić information content (AvgIpc) is 1.55. The van der Waals surface area contributed by atoms with Crippen LogP contribution in [-0.4, -0.2) is 180 Å². The molecule has 6 aliphatic carbocycles. The normalized spacial score (nSPS) is 28.9. The minimum absolute atomic E-state index is 0. The van der Waals surface area contributed by atoms with E-state index in [4.69, 9.17) is 34.2 Å². The molecule has 10 atom stereocenters. The Bertz CT molecular complexity index is 4410. The number of aryl methyl sites for hydroxylation is 2. The SMILES string of the molecule is C.COc1cc2ccc3cc2cc1CCCCCCOC(=O)N[C@@H](C(C)(C)C)C(=O)N1C[C@@]3(OC)C[C@H]1C(=O)N[C@]1(C(=O)NS(=O)(=O)C2CC2)C[C@H]1C1CC1.COc1cc2ccc3cc2cc1CCCCCCOC(=O)N[C@@H](C(C)(C)C)C(=O)N1C[C@@]3(OC)C[C@H]1C(=O)O.N[C@]1(C(=O)NS(=O)(=O)C2CC2)C[C@H]1C1CC1. The molecule has 27 nitrogen and oxygen atoms in total. The Balaban J connectivity index is 0.000000185. The van der Waals surface area contributed by atoms with Gasteiger partial charge in [-0.3, -0.25) is 33.4 Å². The summed E-state index contributed by atoms with van der Waals surface area (Å²) in [5, 5.41) is 21.6. The largest absolute Gasteiger partial charge is 0.496 e. The summed E-state index contributed by atoms with van der Waals surface area (Å²) in [7, 11) is -0.865. The lowest BCUT2D eigenvalue weighted by Gasteiger charge is -2.36. The third-order valence-corrected chi connectivity index (χ3v) is 27.7. The van der Waals surface area contributed by atoms with Gasteiger partial charge in [-0.1, -0.05) is 98.9 Å².